The van der Waals surface area contributed by atoms with Gasteiger partial charge in [0.2, 0.25) is 0 Å². The lowest BCUT2D eigenvalue weighted by Crippen LogP contribution is -1.85. The van der Waals surface area contributed by atoms with E-state index in [4.69, 9.17) is 0 Å². The third kappa shape index (κ3) is 9.54. The summed E-state index contributed by atoms with van der Waals surface area (Å²) in [6.07, 6.45) is 0. The van der Waals surface area contributed by atoms with Crippen LogP contribution in [0.15, 0.2) is 0 Å². The molecule has 0 rings (SSSR count). The molecule has 0 heterocycles. The van der Waals surface area contributed by atoms with Crippen molar-refractivity contribution in [3.8, 4) is 0 Å². The third-order valence-electron chi connectivity index (χ3n) is 0.172. The standard InChI is InChI=1S/BO4P2.BH/c2-6-4-1-5-7-3;/h;1H. The minimum absolute atomic E-state index is 0. The Balaban J connectivity index is 0. The fraction of sp³-hybridized carbons (Fsp3) is 0. The van der Waals surface area contributed by atoms with Gasteiger partial charge < -0.3 is 8.88 Å². The van der Waals surface area contributed by atoms with Crippen molar-refractivity contribution in [2.45, 2.75) is 0 Å². The van der Waals surface area contributed by atoms with E-state index < -0.39 is 17.4 Å². The molecule has 0 aliphatic rings. The molecular formula is HB2O4P2. The lowest BCUT2D eigenvalue weighted by Gasteiger charge is -1.77. The molecule has 0 aromatic heterocycles. The van der Waals surface area contributed by atoms with Gasteiger partial charge in [-0.2, -0.15) is 0 Å². The predicted molar refractivity (Wildman–Crippen MR) is 30.3 cm³/mol. The highest BCUT2D eigenvalue weighted by Crippen LogP contribution is 1.96. The van der Waals surface area contributed by atoms with Crippen LogP contribution >= 0.6 is 17.4 Å². The minimum Gasteiger partial charge on any atom is -0.326 e. The highest BCUT2D eigenvalue weighted by atomic mass is 31.1. The fourth-order valence-electron chi connectivity index (χ4n) is 0.0544. The quantitative estimate of drug-likeness (QED) is 0.327. The molecule has 0 aromatic rings. The van der Waals surface area contributed by atoms with Gasteiger partial charge in [0.05, 0.1) is 0 Å². The van der Waals surface area contributed by atoms with Crippen LogP contribution < -0.4 is 0 Å². The second kappa shape index (κ2) is 10.3. The lowest BCUT2D eigenvalue weighted by atomic mass is 10.4. The average molecular weight is 149 g/mol. The Morgan fingerprint density at radius 2 is 1.50 bits per heavy atom. The molecule has 0 spiro atoms. The summed E-state index contributed by atoms with van der Waals surface area (Å²) in [6.45, 7) is 0. The molecule has 0 bridgehead atoms. The van der Waals surface area contributed by atoms with Crippen LogP contribution in [0.5, 0.6) is 0 Å². The summed E-state index contributed by atoms with van der Waals surface area (Å²) < 4.78 is 26.5. The monoisotopic (exact) mass is 149 g/mol. The van der Waals surface area contributed by atoms with Crippen LogP contribution in [0.1, 0.15) is 0 Å². The molecule has 0 aromatic carbocycles. The maximum absolute atomic E-state index is 9.34. The fourth-order valence-corrected chi connectivity index (χ4v) is 0.279. The summed E-state index contributed by atoms with van der Waals surface area (Å²) in [5.74, 6) is 0. The van der Waals surface area contributed by atoms with Gasteiger partial charge in [0.1, 0.15) is 0 Å². The molecule has 0 aliphatic carbocycles. The molecule has 0 unspecified atom stereocenters. The van der Waals surface area contributed by atoms with E-state index in [0.29, 0.717) is 7.69 Å². The van der Waals surface area contributed by atoms with E-state index in [1.807, 2.05) is 0 Å². The van der Waals surface area contributed by atoms with Crippen molar-refractivity contribution in [3.05, 3.63) is 0 Å². The highest BCUT2D eigenvalue weighted by Gasteiger charge is 1.88. The number of hydrogen-bond donors (Lipinski definition) is 0. The molecule has 0 saturated heterocycles. The largest absolute Gasteiger partial charge is 0.510 e. The molecule has 0 aliphatic heterocycles. The van der Waals surface area contributed by atoms with Crippen LogP contribution in [0.25, 0.3) is 0 Å². The predicted octanol–water partition coefficient (Wildman–Crippen LogP) is 0.319. The van der Waals surface area contributed by atoms with Crippen molar-refractivity contribution >= 4 is 33.5 Å². The number of rotatable bonds is 4. The average Bonchev–Trinajstić information content (AvgIpc) is 1.69. The molecule has 0 fully saturated rings. The Morgan fingerprint density at radius 1 is 1.12 bits per heavy atom. The van der Waals surface area contributed by atoms with Crippen molar-refractivity contribution in [1.82, 2.24) is 0 Å². The normalized spacial score (nSPS) is 8.50. The summed E-state index contributed by atoms with van der Waals surface area (Å²) in [6, 6.07) is 0. The maximum atomic E-state index is 9.34. The van der Waals surface area contributed by atoms with Crippen LogP contribution in [0.3, 0.4) is 0 Å². The number of hydrogen-bond acceptors (Lipinski definition) is 4. The van der Waals surface area contributed by atoms with Crippen LogP contribution in [0.4, 0.5) is 0 Å². The molecule has 8 heavy (non-hydrogen) atoms. The lowest BCUT2D eigenvalue weighted by molar-refractivity contribution is 0.469. The first-order chi connectivity index (χ1) is 3.41. The molecule has 3 radical (unpaired) electrons. The van der Waals surface area contributed by atoms with Crippen LogP contribution in [0.2, 0.25) is 0 Å². The van der Waals surface area contributed by atoms with Crippen LogP contribution in [-0.4, -0.2) is 16.1 Å². The van der Waals surface area contributed by atoms with Crippen molar-refractivity contribution in [2.24, 2.45) is 0 Å². The Morgan fingerprint density at radius 3 is 1.75 bits per heavy atom. The van der Waals surface area contributed by atoms with E-state index >= 15 is 0 Å². The maximum Gasteiger partial charge on any atom is 0.510 e. The van der Waals surface area contributed by atoms with Crippen molar-refractivity contribution < 1.29 is 18.0 Å². The molecule has 0 N–H and O–H groups in total. The van der Waals surface area contributed by atoms with Gasteiger partial charge in [0, 0.05) is 8.41 Å². The molecular weight excluding hydrogens is 148 g/mol. The van der Waals surface area contributed by atoms with E-state index in [-0.39, 0.29) is 8.41 Å². The minimum atomic E-state index is -0.519. The molecule has 0 atom stereocenters. The van der Waals surface area contributed by atoms with E-state index in [0.717, 1.165) is 0 Å². The van der Waals surface area contributed by atoms with E-state index in [9.17, 15) is 9.13 Å². The SMILES string of the molecule is O=PO[B]OP=O.[BH]. The van der Waals surface area contributed by atoms with Crippen LogP contribution in [0, 0.1) is 0 Å². The van der Waals surface area contributed by atoms with Gasteiger partial charge in [-0.05, 0) is 0 Å². The Kier molecular flexibility index (Phi) is 14.3. The Hall–Kier alpha value is 0.250. The van der Waals surface area contributed by atoms with Gasteiger partial charge in [-0.25, -0.2) is 9.13 Å². The zero-order valence-corrected chi connectivity index (χ0v) is 5.60. The topological polar surface area (TPSA) is 52.6 Å². The summed E-state index contributed by atoms with van der Waals surface area (Å²) in [5, 5.41) is 0. The summed E-state index contributed by atoms with van der Waals surface area (Å²) in [5.41, 5.74) is 0. The van der Waals surface area contributed by atoms with Gasteiger partial charge in [-0.15, -0.1) is 0 Å². The van der Waals surface area contributed by atoms with E-state index in [1.165, 1.54) is 0 Å². The summed E-state index contributed by atoms with van der Waals surface area (Å²) in [7, 11) is -0.327. The Bertz CT molecular complexity index is 57.1. The molecule has 0 amide bonds. The molecule has 8 heteroatoms. The molecule has 0 saturated carbocycles. The molecule has 4 nitrogen and oxygen atoms in total. The first-order valence-corrected chi connectivity index (χ1v) is 2.66. The van der Waals surface area contributed by atoms with Gasteiger partial charge in [-0.1, -0.05) is 0 Å². The van der Waals surface area contributed by atoms with E-state index in [2.05, 4.69) is 8.88 Å². The van der Waals surface area contributed by atoms with E-state index in [1.54, 1.807) is 0 Å². The third-order valence-corrected chi connectivity index (χ3v) is 0.516. The van der Waals surface area contributed by atoms with Gasteiger partial charge in [0.25, 0.3) is 0 Å². The van der Waals surface area contributed by atoms with Gasteiger partial charge >= 0.3 is 25.1 Å². The summed E-state index contributed by atoms with van der Waals surface area (Å²) >= 11 is 0. The van der Waals surface area contributed by atoms with Gasteiger partial charge in [0.15, 0.2) is 0 Å². The van der Waals surface area contributed by atoms with Crippen molar-refractivity contribution in [1.29, 1.82) is 0 Å². The zero-order chi connectivity index (χ0) is 5.54. The highest BCUT2D eigenvalue weighted by molar-refractivity contribution is 7.21. The molecule has 41 valence electrons. The van der Waals surface area contributed by atoms with Crippen LogP contribution in [-0.2, 0) is 18.0 Å². The van der Waals surface area contributed by atoms with Crippen molar-refractivity contribution in [3.63, 3.8) is 0 Å². The van der Waals surface area contributed by atoms with Gasteiger partial charge in [-0.3, -0.25) is 0 Å². The van der Waals surface area contributed by atoms with Crippen molar-refractivity contribution in [2.75, 3.05) is 0 Å². The smallest absolute Gasteiger partial charge is 0.326 e. The second-order valence-electron chi connectivity index (χ2n) is 0.456. The first-order valence-electron chi connectivity index (χ1n) is 1.20. The second-order valence-corrected chi connectivity index (χ2v) is 1.18. The Labute approximate surface area is 52.4 Å². The summed E-state index contributed by atoms with van der Waals surface area (Å²) in [4.78, 5) is 0. The zero-order valence-electron chi connectivity index (χ0n) is 3.81. The first kappa shape index (κ1) is 11.1.